The van der Waals surface area contributed by atoms with E-state index in [1.165, 1.54) is 27.9 Å². The Morgan fingerprint density at radius 2 is 2.10 bits per heavy atom. The fourth-order valence-corrected chi connectivity index (χ4v) is 4.88. The van der Waals surface area contributed by atoms with Crippen LogP contribution in [0.2, 0.25) is 0 Å². The first kappa shape index (κ1) is 17.1. The van der Waals surface area contributed by atoms with E-state index in [0.717, 1.165) is 24.9 Å². The number of rotatable bonds is 6. The lowest BCUT2D eigenvalue weighted by Gasteiger charge is -2.31. The molecule has 0 aromatic carbocycles. The smallest absolute Gasteiger partial charge is 0.185 e. The van der Waals surface area contributed by atoms with Gasteiger partial charge in [0.15, 0.2) is 5.13 Å². The van der Waals surface area contributed by atoms with Crippen LogP contribution in [0.4, 0.5) is 5.13 Å². The molecule has 1 N–H and O–H groups in total. The van der Waals surface area contributed by atoms with Gasteiger partial charge >= 0.3 is 0 Å². The number of anilines is 1. The molecule has 0 aliphatic carbocycles. The molecule has 1 aliphatic rings. The van der Waals surface area contributed by atoms with Crippen LogP contribution in [0.1, 0.15) is 57.5 Å². The minimum Gasteiger partial charge on any atom is -0.346 e. The molecule has 1 fully saturated rings. The SMILES string of the molecule is CCC1CN(c2nc(C(C)C)c(CNC(C)C)s2)CCS1. The van der Waals surface area contributed by atoms with Crippen LogP contribution < -0.4 is 10.2 Å². The minimum absolute atomic E-state index is 0.500. The lowest BCUT2D eigenvalue weighted by molar-refractivity contribution is 0.588. The topological polar surface area (TPSA) is 28.2 Å². The van der Waals surface area contributed by atoms with Crippen molar-refractivity contribution < 1.29 is 0 Å². The zero-order chi connectivity index (χ0) is 15.4. The Morgan fingerprint density at radius 3 is 2.71 bits per heavy atom. The van der Waals surface area contributed by atoms with Gasteiger partial charge in [-0.25, -0.2) is 4.98 Å². The minimum atomic E-state index is 0.500. The molecule has 5 heteroatoms. The van der Waals surface area contributed by atoms with Crippen LogP contribution in [0.5, 0.6) is 0 Å². The van der Waals surface area contributed by atoms with Crippen LogP contribution in [0, 0.1) is 0 Å². The highest BCUT2D eigenvalue weighted by Gasteiger charge is 2.23. The van der Waals surface area contributed by atoms with Crippen molar-refractivity contribution in [2.45, 2.75) is 64.8 Å². The summed E-state index contributed by atoms with van der Waals surface area (Å²) < 4.78 is 0. The molecule has 1 unspecified atom stereocenters. The van der Waals surface area contributed by atoms with Crippen LogP contribution in [0.15, 0.2) is 0 Å². The second kappa shape index (κ2) is 7.84. The van der Waals surface area contributed by atoms with E-state index in [9.17, 15) is 0 Å². The van der Waals surface area contributed by atoms with Crippen molar-refractivity contribution in [2.75, 3.05) is 23.7 Å². The molecule has 2 rings (SSSR count). The molecule has 0 saturated carbocycles. The molecule has 0 spiro atoms. The Bertz CT molecular complexity index is 443. The van der Waals surface area contributed by atoms with Gasteiger partial charge < -0.3 is 10.2 Å². The van der Waals surface area contributed by atoms with Crippen molar-refractivity contribution in [1.82, 2.24) is 10.3 Å². The van der Waals surface area contributed by atoms with Crippen LogP contribution in [-0.2, 0) is 6.54 Å². The summed E-state index contributed by atoms with van der Waals surface area (Å²) in [4.78, 5) is 8.89. The molecule has 1 atom stereocenters. The summed E-state index contributed by atoms with van der Waals surface area (Å²) in [5.74, 6) is 1.73. The molecule has 0 bridgehead atoms. The van der Waals surface area contributed by atoms with E-state index in [0.29, 0.717) is 12.0 Å². The highest BCUT2D eigenvalue weighted by Crippen LogP contribution is 2.33. The molecule has 1 aliphatic heterocycles. The van der Waals surface area contributed by atoms with E-state index in [1.54, 1.807) is 0 Å². The Balaban J connectivity index is 2.14. The number of thiazole rings is 1. The third-order valence-corrected chi connectivity index (χ3v) is 6.30. The first-order valence-electron chi connectivity index (χ1n) is 8.10. The van der Waals surface area contributed by atoms with E-state index >= 15 is 0 Å². The average Bonchev–Trinajstić information content (AvgIpc) is 2.89. The number of nitrogens with zero attached hydrogens (tertiary/aromatic N) is 2. The standard InChI is InChI=1S/C16H29N3S2/c1-6-13-10-19(7-8-20-13)16-18-15(11(2)3)14(21-16)9-17-12(4)5/h11-13,17H,6-10H2,1-5H3. The van der Waals surface area contributed by atoms with Gasteiger partial charge in [-0.2, -0.15) is 11.8 Å². The summed E-state index contributed by atoms with van der Waals surface area (Å²) >= 11 is 4.01. The van der Waals surface area contributed by atoms with Gasteiger partial charge in [-0.1, -0.05) is 34.6 Å². The third kappa shape index (κ3) is 4.60. The lowest BCUT2D eigenvalue weighted by atomic mass is 10.1. The first-order chi connectivity index (χ1) is 10.0. The van der Waals surface area contributed by atoms with E-state index < -0.39 is 0 Å². The summed E-state index contributed by atoms with van der Waals surface area (Å²) in [5, 5.41) is 5.54. The van der Waals surface area contributed by atoms with Crippen LogP contribution >= 0.6 is 23.1 Å². The summed E-state index contributed by atoms with van der Waals surface area (Å²) in [6, 6.07) is 0.520. The molecular formula is C16H29N3S2. The normalized spacial score (nSPS) is 19.8. The molecule has 21 heavy (non-hydrogen) atoms. The molecule has 1 aromatic heterocycles. The van der Waals surface area contributed by atoms with Gasteiger partial charge in [0, 0.05) is 41.6 Å². The number of hydrogen-bond donors (Lipinski definition) is 1. The number of hydrogen-bond acceptors (Lipinski definition) is 5. The number of nitrogens with one attached hydrogen (secondary N) is 1. The van der Waals surface area contributed by atoms with E-state index in [2.05, 4.69) is 56.6 Å². The molecule has 1 saturated heterocycles. The first-order valence-corrected chi connectivity index (χ1v) is 9.97. The lowest BCUT2D eigenvalue weighted by Crippen LogP contribution is -2.37. The van der Waals surface area contributed by atoms with E-state index in [1.807, 2.05) is 11.3 Å². The molecule has 120 valence electrons. The van der Waals surface area contributed by atoms with Gasteiger partial charge in [0.2, 0.25) is 0 Å². The summed E-state index contributed by atoms with van der Waals surface area (Å²) in [7, 11) is 0. The van der Waals surface area contributed by atoms with Crippen LogP contribution in [0.3, 0.4) is 0 Å². The summed E-state index contributed by atoms with van der Waals surface area (Å²) in [5.41, 5.74) is 1.29. The van der Waals surface area contributed by atoms with Crippen LogP contribution in [0.25, 0.3) is 0 Å². The maximum atomic E-state index is 4.98. The van der Waals surface area contributed by atoms with Gasteiger partial charge in [-0.05, 0) is 12.3 Å². The second-order valence-electron chi connectivity index (χ2n) is 6.34. The Hall–Kier alpha value is -0.260. The van der Waals surface area contributed by atoms with Gasteiger partial charge in [0.1, 0.15) is 0 Å². The second-order valence-corrected chi connectivity index (χ2v) is 8.81. The monoisotopic (exact) mass is 327 g/mol. The summed E-state index contributed by atoms with van der Waals surface area (Å²) in [6.45, 7) is 14.4. The van der Waals surface area contributed by atoms with Crippen molar-refractivity contribution in [3.05, 3.63) is 10.6 Å². The van der Waals surface area contributed by atoms with Crippen molar-refractivity contribution in [3.63, 3.8) is 0 Å². The predicted octanol–water partition coefficient (Wildman–Crippen LogP) is 4.10. The fourth-order valence-electron chi connectivity index (χ4n) is 2.50. The zero-order valence-electron chi connectivity index (χ0n) is 14.0. The Labute approximate surface area is 137 Å². The van der Waals surface area contributed by atoms with E-state index in [4.69, 9.17) is 4.98 Å². The maximum absolute atomic E-state index is 4.98. The zero-order valence-corrected chi connectivity index (χ0v) is 15.6. The molecule has 1 aromatic rings. The predicted molar refractivity (Wildman–Crippen MR) is 96.9 cm³/mol. The third-order valence-electron chi connectivity index (χ3n) is 3.80. The molecule has 3 nitrogen and oxygen atoms in total. The molecule has 0 amide bonds. The van der Waals surface area contributed by atoms with Crippen molar-refractivity contribution in [3.8, 4) is 0 Å². The van der Waals surface area contributed by atoms with E-state index in [-0.39, 0.29) is 0 Å². The van der Waals surface area contributed by atoms with Crippen molar-refractivity contribution in [1.29, 1.82) is 0 Å². The maximum Gasteiger partial charge on any atom is 0.185 e. The average molecular weight is 328 g/mol. The molecule has 0 radical (unpaired) electrons. The quantitative estimate of drug-likeness (QED) is 0.851. The Kier molecular flexibility index (Phi) is 6.38. The summed E-state index contributed by atoms with van der Waals surface area (Å²) in [6.07, 6.45) is 1.26. The number of aromatic nitrogens is 1. The number of thioether (sulfide) groups is 1. The van der Waals surface area contributed by atoms with Gasteiger partial charge in [0.05, 0.1) is 5.69 Å². The van der Waals surface area contributed by atoms with Gasteiger partial charge in [-0.3, -0.25) is 0 Å². The Morgan fingerprint density at radius 1 is 1.33 bits per heavy atom. The molecular weight excluding hydrogens is 298 g/mol. The fraction of sp³-hybridized carbons (Fsp3) is 0.812. The largest absolute Gasteiger partial charge is 0.346 e. The van der Waals surface area contributed by atoms with Crippen LogP contribution in [-0.4, -0.2) is 35.1 Å². The highest BCUT2D eigenvalue weighted by atomic mass is 32.2. The molecule has 2 heterocycles. The van der Waals surface area contributed by atoms with Crippen molar-refractivity contribution >= 4 is 28.2 Å². The van der Waals surface area contributed by atoms with Crippen molar-refractivity contribution in [2.24, 2.45) is 0 Å². The van der Waals surface area contributed by atoms with Gasteiger partial charge in [-0.15, -0.1) is 11.3 Å². The van der Waals surface area contributed by atoms with Gasteiger partial charge in [0.25, 0.3) is 0 Å². The highest BCUT2D eigenvalue weighted by molar-refractivity contribution is 8.00.